The van der Waals surface area contributed by atoms with Gasteiger partial charge in [0.2, 0.25) is 0 Å². The largest absolute Gasteiger partial charge is 0.363 e. The second-order valence-corrected chi connectivity index (χ2v) is 5.61. The molecule has 3 rings (SSSR count). The maximum atomic E-state index is 11.2. The summed E-state index contributed by atoms with van der Waals surface area (Å²) in [5.41, 5.74) is 0.654. The van der Waals surface area contributed by atoms with E-state index in [0.717, 1.165) is 39.3 Å². The number of halogens is 1. The number of para-hydroxylation sites is 1. The molecule has 7 heteroatoms. The summed E-state index contributed by atoms with van der Waals surface area (Å²) < 4.78 is 0. The number of nitro groups is 1. The van der Waals surface area contributed by atoms with Gasteiger partial charge in [-0.25, -0.2) is 0 Å². The van der Waals surface area contributed by atoms with E-state index in [0.29, 0.717) is 11.7 Å². The summed E-state index contributed by atoms with van der Waals surface area (Å²) in [7, 11) is 0. The van der Waals surface area contributed by atoms with Gasteiger partial charge in [0.15, 0.2) is 0 Å². The summed E-state index contributed by atoms with van der Waals surface area (Å²) in [6, 6.07) is 5.75. The van der Waals surface area contributed by atoms with Crippen LogP contribution in [-0.2, 0) is 0 Å². The van der Waals surface area contributed by atoms with Crippen LogP contribution in [0.3, 0.4) is 0 Å². The number of hydrogen-bond donors (Lipinski definition) is 1. The molecule has 0 amide bonds. The summed E-state index contributed by atoms with van der Waals surface area (Å²) >= 11 is 5.97. The van der Waals surface area contributed by atoms with Crippen LogP contribution >= 0.6 is 11.6 Å². The van der Waals surface area contributed by atoms with Gasteiger partial charge >= 0.3 is 5.69 Å². The molecule has 0 aromatic heterocycles. The zero-order valence-electron chi connectivity index (χ0n) is 11.1. The summed E-state index contributed by atoms with van der Waals surface area (Å²) in [5.74, 6) is 0. The van der Waals surface area contributed by atoms with Crippen molar-refractivity contribution in [1.82, 2.24) is 10.2 Å². The number of anilines is 1. The van der Waals surface area contributed by atoms with Gasteiger partial charge in [0.05, 0.1) is 4.92 Å². The first-order valence-corrected chi connectivity index (χ1v) is 7.17. The van der Waals surface area contributed by atoms with E-state index in [1.807, 2.05) is 0 Å². The lowest BCUT2D eigenvalue weighted by Gasteiger charge is -2.43. The third-order valence-corrected chi connectivity index (χ3v) is 4.38. The maximum absolute atomic E-state index is 11.2. The second-order valence-electron chi connectivity index (χ2n) is 5.20. The van der Waals surface area contributed by atoms with Crippen LogP contribution in [0, 0.1) is 10.1 Å². The number of piperazine rings is 1. The predicted octanol–water partition coefficient (Wildman–Crippen LogP) is 1.34. The lowest BCUT2D eigenvalue weighted by Crippen LogP contribution is -2.61. The molecule has 0 aliphatic carbocycles. The Bertz CT molecular complexity index is 513. The Morgan fingerprint density at radius 3 is 2.50 bits per heavy atom. The van der Waals surface area contributed by atoms with Gasteiger partial charge in [-0.05, 0) is 12.1 Å². The average molecular weight is 297 g/mol. The van der Waals surface area contributed by atoms with Gasteiger partial charge < -0.3 is 10.2 Å². The molecule has 2 saturated heterocycles. The number of benzene rings is 1. The summed E-state index contributed by atoms with van der Waals surface area (Å²) in [4.78, 5) is 15.3. The average Bonchev–Trinajstić information content (AvgIpc) is 2.37. The number of nitrogens with one attached hydrogen (secondary N) is 1. The molecule has 1 N–H and O–H groups in total. The third kappa shape index (κ3) is 2.46. The Morgan fingerprint density at radius 2 is 1.95 bits per heavy atom. The number of rotatable bonds is 3. The van der Waals surface area contributed by atoms with Gasteiger partial charge in [-0.3, -0.25) is 15.0 Å². The van der Waals surface area contributed by atoms with Crippen LogP contribution in [0.1, 0.15) is 0 Å². The molecular formula is C13H17ClN4O2. The van der Waals surface area contributed by atoms with Crippen LogP contribution in [0.5, 0.6) is 0 Å². The summed E-state index contributed by atoms with van der Waals surface area (Å²) in [5, 5.41) is 14.7. The first-order valence-electron chi connectivity index (χ1n) is 6.79. The van der Waals surface area contributed by atoms with Gasteiger partial charge in [-0.2, -0.15) is 0 Å². The van der Waals surface area contributed by atoms with E-state index >= 15 is 0 Å². The summed E-state index contributed by atoms with van der Waals surface area (Å²) in [6.07, 6.45) is 0. The monoisotopic (exact) mass is 296 g/mol. The lowest BCUT2D eigenvalue weighted by atomic mass is 10.1. The molecule has 108 valence electrons. The minimum absolute atomic E-state index is 0.0212. The molecule has 6 nitrogen and oxygen atoms in total. The maximum Gasteiger partial charge on any atom is 0.310 e. The summed E-state index contributed by atoms with van der Waals surface area (Å²) in [6.45, 7) is 5.59. The Balaban J connectivity index is 1.74. The fourth-order valence-corrected chi connectivity index (χ4v) is 3.04. The third-order valence-electron chi connectivity index (χ3n) is 4.08. The number of nitro benzene ring substituents is 1. The van der Waals surface area contributed by atoms with Gasteiger partial charge in [0, 0.05) is 45.3 Å². The smallest absolute Gasteiger partial charge is 0.310 e. The van der Waals surface area contributed by atoms with Crippen molar-refractivity contribution < 1.29 is 4.92 Å². The molecule has 2 aliphatic heterocycles. The molecule has 1 aromatic carbocycles. The van der Waals surface area contributed by atoms with Crippen molar-refractivity contribution in [3.05, 3.63) is 33.3 Å². The highest BCUT2D eigenvalue weighted by Crippen LogP contribution is 2.35. The minimum atomic E-state index is -0.389. The van der Waals surface area contributed by atoms with E-state index in [2.05, 4.69) is 15.1 Å². The normalized spacial score (nSPS) is 20.8. The van der Waals surface area contributed by atoms with Gasteiger partial charge in [0.25, 0.3) is 0 Å². The van der Waals surface area contributed by atoms with Crippen LogP contribution in [0.4, 0.5) is 11.4 Å². The van der Waals surface area contributed by atoms with Gasteiger partial charge in [-0.1, -0.05) is 17.7 Å². The van der Waals surface area contributed by atoms with E-state index in [1.165, 1.54) is 0 Å². The molecule has 20 heavy (non-hydrogen) atoms. The predicted molar refractivity (Wildman–Crippen MR) is 78.6 cm³/mol. The standard InChI is InChI=1S/C13H17ClN4O2/c14-11-2-1-3-12(13(11)18(19)20)17-6-4-16(5-7-17)10-8-15-9-10/h1-3,10,15H,4-9H2. The fourth-order valence-electron chi connectivity index (χ4n) is 2.80. The fraction of sp³-hybridized carbons (Fsp3) is 0.538. The zero-order chi connectivity index (χ0) is 14.1. The van der Waals surface area contributed by atoms with Crippen molar-refractivity contribution in [2.75, 3.05) is 44.2 Å². The van der Waals surface area contributed by atoms with Crippen LogP contribution in [0.15, 0.2) is 18.2 Å². The van der Waals surface area contributed by atoms with E-state index in [1.54, 1.807) is 18.2 Å². The molecule has 0 radical (unpaired) electrons. The SMILES string of the molecule is O=[N+]([O-])c1c(Cl)cccc1N1CCN(C2CNC2)CC1. The molecule has 0 atom stereocenters. The molecule has 1 aromatic rings. The van der Waals surface area contributed by atoms with Crippen molar-refractivity contribution in [1.29, 1.82) is 0 Å². The van der Waals surface area contributed by atoms with Crippen molar-refractivity contribution in [2.24, 2.45) is 0 Å². The topological polar surface area (TPSA) is 61.7 Å². The van der Waals surface area contributed by atoms with E-state index in [4.69, 9.17) is 11.6 Å². The van der Waals surface area contributed by atoms with Crippen LogP contribution in [0.25, 0.3) is 0 Å². The molecule has 2 aliphatic rings. The first kappa shape index (κ1) is 13.6. The van der Waals surface area contributed by atoms with Gasteiger partial charge in [0.1, 0.15) is 10.7 Å². The zero-order valence-corrected chi connectivity index (χ0v) is 11.8. The first-order chi connectivity index (χ1) is 9.66. The van der Waals surface area contributed by atoms with Crippen molar-refractivity contribution in [3.8, 4) is 0 Å². The molecular weight excluding hydrogens is 280 g/mol. The highest BCUT2D eigenvalue weighted by molar-refractivity contribution is 6.33. The van der Waals surface area contributed by atoms with Crippen molar-refractivity contribution >= 4 is 23.0 Å². The molecule has 2 heterocycles. The molecule has 0 bridgehead atoms. The van der Waals surface area contributed by atoms with Crippen LogP contribution in [0.2, 0.25) is 5.02 Å². The second kappa shape index (κ2) is 5.55. The van der Waals surface area contributed by atoms with Crippen molar-refractivity contribution in [3.63, 3.8) is 0 Å². The Morgan fingerprint density at radius 1 is 1.25 bits per heavy atom. The number of nitrogens with zero attached hydrogens (tertiary/aromatic N) is 3. The van der Waals surface area contributed by atoms with E-state index in [9.17, 15) is 10.1 Å². The Hall–Kier alpha value is -1.37. The molecule has 0 unspecified atom stereocenters. The quantitative estimate of drug-likeness (QED) is 0.674. The Labute approximate surface area is 122 Å². The lowest BCUT2D eigenvalue weighted by molar-refractivity contribution is -0.384. The Kier molecular flexibility index (Phi) is 3.78. The van der Waals surface area contributed by atoms with Gasteiger partial charge in [-0.15, -0.1) is 0 Å². The minimum Gasteiger partial charge on any atom is -0.363 e. The highest BCUT2D eigenvalue weighted by atomic mass is 35.5. The highest BCUT2D eigenvalue weighted by Gasteiger charge is 2.30. The van der Waals surface area contributed by atoms with Crippen LogP contribution in [-0.4, -0.2) is 55.1 Å². The molecule has 2 fully saturated rings. The molecule has 0 saturated carbocycles. The van der Waals surface area contributed by atoms with Crippen LogP contribution < -0.4 is 10.2 Å². The van der Waals surface area contributed by atoms with E-state index in [-0.39, 0.29) is 15.6 Å². The van der Waals surface area contributed by atoms with Crippen molar-refractivity contribution in [2.45, 2.75) is 6.04 Å². The molecule has 0 spiro atoms. The number of hydrogen-bond acceptors (Lipinski definition) is 5. The van der Waals surface area contributed by atoms with E-state index < -0.39 is 0 Å².